The minimum Gasteiger partial charge on any atom is -0.376 e. The molecule has 0 saturated carbocycles. The molecule has 0 amide bonds. The Labute approximate surface area is 162 Å². The number of benzene rings is 1. The van der Waals surface area contributed by atoms with Crippen LogP contribution in [0, 0.1) is 0 Å². The molecule has 0 radical (unpaired) electrons. The van der Waals surface area contributed by atoms with Crippen LogP contribution in [0.2, 0.25) is 0 Å². The van der Waals surface area contributed by atoms with Gasteiger partial charge < -0.3 is 20.3 Å². The van der Waals surface area contributed by atoms with Gasteiger partial charge in [0.25, 0.3) is 0 Å². The summed E-state index contributed by atoms with van der Waals surface area (Å²) in [6.45, 7) is 5.97. The van der Waals surface area contributed by atoms with E-state index >= 15 is 0 Å². The van der Waals surface area contributed by atoms with Gasteiger partial charge in [-0.25, -0.2) is 0 Å². The summed E-state index contributed by atoms with van der Waals surface area (Å²) in [7, 11) is 1.82. The molecule has 1 saturated heterocycles. The van der Waals surface area contributed by atoms with Gasteiger partial charge in [-0.2, -0.15) is 0 Å². The van der Waals surface area contributed by atoms with Crippen LogP contribution in [0.5, 0.6) is 0 Å². The van der Waals surface area contributed by atoms with Crippen molar-refractivity contribution in [2.24, 2.45) is 4.99 Å². The second kappa shape index (κ2) is 9.46. The molecule has 3 rings (SSSR count). The van der Waals surface area contributed by atoms with Crippen molar-refractivity contribution in [2.45, 2.75) is 38.3 Å². The van der Waals surface area contributed by atoms with Crippen LogP contribution in [0.25, 0.3) is 0 Å². The fourth-order valence-corrected chi connectivity index (χ4v) is 3.41. The average molecular weight is 444 g/mol. The van der Waals surface area contributed by atoms with Gasteiger partial charge in [-0.05, 0) is 37.8 Å². The van der Waals surface area contributed by atoms with Crippen LogP contribution in [-0.4, -0.2) is 51.4 Å². The van der Waals surface area contributed by atoms with Crippen molar-refractivity contribution in [1.82, 2.24) is 10.6 Å². The maximum atomic E-state index is 5.64. The van der Waals surface area contributed by atoms with Crippen molar-refractivity contribution in [3.8, 4) is 0 Å². The Morgan fingerprint density at radius 2 is 2.21 bits per heavy atom. The molecule has 2 atom stereocenters. The average Bonchev–Trinajstić information content (AvgIpc) is 3.24. The normalized spacial score (nSPS) is 21.2. The van der Waals surface area contributed by atoms with E-state index in [2.05, 4.69) is 51.7 Å². The molecule has 0 bridgehead atoms. The number of hydrogen-bond donors (Lipinski definition) is 2. The first-order valence-corrected chi connectivity index (χ1v) is 8.68. The standard InChI is InChI=1S/C18H28N4O.HI/c1-14(22-10-9-15-6-3-4-8-17(15)22)12-20-18(19-2)21-13-16-7-5-11-23-16;/h3-4,6,8,14,16H,5,7,9-13H2,1-2H3,(H2,19,20,21);1H. The number of ether oxygens (including phenoxy) is 1. The maximum absolute atomic E-state index is 5.64. The highest BCUT2D eigenvalue weighted by Gasteiger charge is 2.23. The first-order chi connectivity index (χ1) is 11.3. The van der Waals surface area contributed by atoms with Gasteiger partial charge in [-0.3, -0.25) is 4.99 Å². The lowest BCUT2D eigenvalue weighted by Gasteiger charge is -2.28. The van der Waals surface area contributed by atoms with E-state index in [0.29, 0.717) is 12.1 Å². The highest BCUT2D eigenvalue weighted by Crippen LogP contribution is 2.28. The van der Waals surface area contributed by atoms with E-state index in [1.165, 1.54) is 17.7 Å². The second-order valence-electron chi connectivity index (χ2n) is 6.39. The predicted octanol–water partition coefficient (Wildman–Crippen LogP) is 2.40. The summed E-state index contributed by atoms with van der Waals surface area (Å²) in [6.07, 6.45) is 3.79. The van der Waals surface area contributed by atoms with Crippen molar-refractivity contribution in [1.29, 1.82) is 0 Å². The summed E-state index contributed by atoms with van der Waals surface area (Å²) in [5.41, 5.74) is 2.84. The van der Waals surface area contributed by atoms with Crippen LogP contribution in [0.1, 0.15) is 25.3 Å². The number of fused-ring (bicyclic) bond motifs is 1. The van der Waals surface area contributed by atoms with Crippen LogP contribution in [-0.2, 0) is 11.2 Å². The molecule has 1 aromatic carbocycles. The van der Waals surface area contributed by atoms with Crippen LogP contribution in [0.15, 0.2) is 29.3 Å². The van der Waals surface area contributed by atoms with E-state index in [1.54, 1.807) is 0 Å². The summed E-state index contributed by atoms with van der Waals surface area (Å²) in [5, 5.41) is 6.81. The van der Waals surface area contributed by atoms with Gasteiger partial charge in [0.05, 0.1) is 6.10 Å². The van der Waals surface area contributed by atoms with Crippen molar-refractivity contribution in [3.05, 3.63) is 29.8 Å². The van der Waals surface area contributed by atoms with Gasteiger partial charge in [0, 0.05) is 45.0 Å². The number of hydrogen-bond acceptors (Lipinski definition) is 3. The molecule has 6 heteroatoms. The number of aliphatic imine (C=N–C) groups is 1. The van der Waals surface area contributed by atoms with E-state index in [4.69, 9.17) is 4.74 Å². The zero-order valence-corrected chi connectivity index (χ0v) is 17.0. The van der Waals surface area contributed by atoms with Gasteiger partial charge in [0.1, 0.15) is 0 Å². The molecule has 2 aliphatic heterocycles. The lowest BCUT2D eigenvalue weighted by molar-refractivity contribution is 0.114. The number of guanidine groups is 1. The molecular formula is C18H29IN4O. The van der Waals surface area contributed by atoms with E-state index in [1.807, 2.05) is 7.05 Å². The van der Waals surface area contributed by atoms with Crippen molar-refractivity contribution in [3.63, 3.8) is 0 Å². The molecule has 0 aromatic heterocycles. The Morgan fingerprint density at radius 1 is 1.38 bits per heavy atom. The Hall–Kier alpha value is -1.02. The third-order valence-corrected chi connectivity index (χ3v) is 4.76. The molecule has 134 valence electrons. The highest BCUT2D eigenvalue weighted by molar-refractivity contribution is 14.0. The van der Waals surface area contributed by atoms with Gasteiger partial charge in [-0.1, -0.05) is 18.2 Å². The quantitative estimate of drug-likeness (QED) is 0.416. The predicted molar refractivity (Wildman–Crippen MR) is 111 cm³/mol. The fourth-order valence-electron chi connectivity index (χ4n) is 3.41. The minimum atomic E-state index is 0. The minimum absolute atomic E-state index is 0. The van der Waals surface area contributed by atoms with Crippen LogP contribution < -0.4 is 15.5 Å². The molecule has 24 heavy (non-hydrogen) atoms. The SMILES string of the molecule is CN=C(NCC1CCCO1)NCC(C)N1CCc2ccccc21.I. The number of nitrogens with zero attached hydrogens (tertiary/aromatic N) is 2. The number of anilines is 1. The molecule has 2 unspecified atom stereocenters. The third-order valence-electron chi connectivity index (χ3n) is 4.76. The van der Waals surface area contributed by atoms with Gasteiger partial charge in [0.15, 0.2) is 5.96 Å². The highest BCUT2D eigenvalue weighted by atomic mass is 127. The van der Waals surface area contributed by atoms with Crippen molar-refractivity contribution in [2.75, 3.05) is 38.2 Å². The van der Waals surface area contributed by atoms with E-state index in [-0.39, 0.29) is 24.0 Å². The lowest BCUT2D eigenvalue weighted by Crippen LogP contribution is -2.47. The first-order valence-electron chi connectivity index (χ1n) is 8.68. The Morgan fingerprint density at radius 3 is 2.96 bits per heavy atom. The van der Waals surface area contributed by atoms with Crippen molar-refractivity contribution >= 4 is 35.6 Å². The molecule has 5 nitrogen and oxygen atoms in total. The Kier molecular flexibility index (Phi) is 7.61. The second-order valence-corrected chi connectivity index (χ2v) is 6.39. The van der Waals surface area contributed by atoms with E-state index in [9.17, 15) is 0 Å². The first kappa shape index (κ1) is 19.3. The molecule has 2 N–H and O–H groups in total. The summed E-state index contributed by atoms with van der Waals surface area (Å²) >= 11 is 0. The number of para-hydroxylation sites is 1. The molecule has 1 aromatic rings. The van der Waals surface area contributed by atoms with Gasteiger partial charge in [0.2, 0.25) is 0 Å². The topological polar surface area (TPSA) is 48.9 Å². The zero-order valence-electron chi connectivity index (χ0n) is 14.6. The summed E-state index contributed by atoms with van der Waals surface area (Å²) < 4.78 is 5.64. The summed E-state index contributed by atoms with van der Waals surface area (Å²) in [4.78, 5) is 6.79. The third kappa shape index (κ3) is 4.75. The van der Waals surface area contributed by atoms with E-state index in [0.717, 1.165) is 45.0 Å². The van der Waals surface area contributed by atoms with Crippen LogP contribution in [0.4, 0.5) is 5.69 Å². The van der Waals surface area contributed by atoms with Crippen LogP contribution in [0.3, 0.4) is 0 Å². The lowest BCUT2D eigenvalue weighted by atomic mass is 10.2. The molecular weight excluding hydrogens is 415 g/mol. The monoisotopic (exact) mass is 444 g/mol. The molecule has 2 aliphatic rings. The van der Waals surface area contributed by atoms with Crippen molar-refractivity contribution < 1.29 is 4.74 Å². The number of nitrogens with one attached hydrogen (secondary N) is 2. The fraction of sp³-hybridized carbons (Fsp3) is 0.611. The number of rotatable bonds is 5. The number of halogens is 1. The summed E-state index contributed by atoms with van der Waals surface area (Å²) in [5.74, 6) is 0.861. The van der Waals surface area contributed by atoms with E-state index < -0.39 is 0 Å². The largest absolute Gasteiger partial charge is 0.376 e. The molecule has 0 spiro atoms. The Bertz CT molecular complexity index is 546. The Balaban J connectivity index is 0.00000208. The van der Waals surface area contributed by atoms with Gasteiger partial charge in [-0.15, -0.1) is 24.0 Å². The van der Waals surface area contributed by atoms with Gasteiger partial charge >= 0.3 is 0 Å². The molecule has 0 aliphatic carbocycles. The smallest absolute Gasteiger partial charge is 0.191 e. The molecule has 2 heterocycles. The summed E-state index contributed by atoms with van der Waals surface area (Å²) in [6, 6.07) is 9.14. The zero-order chi connectivity index (χ0) is 16.1. The molecule has 1 fully saturated rings. The van der Waals surface area contributed by atoms with Crippen LogP contribution >= 0.6 is 24.0 Å². The maximum Gasteiger partial charge on any atom is 0.191 e.